The topological polar surface area (TPSA) is 32.7 Å². The van der Waals surface area contributed by atoms with Gasteiger partial charge in [-0.2, -0.15) is 0 Å². The van der Waals surface area contributed by atoms with Crippen molar-refractivity contribution < 1.29 is 9.84 Å². The Hall–Kier alpha value is -0.120. The maximum atomic E-state index is 9.40. The molecule has 2 aliphatic rings. The standard InChI is InChI=1S/C15H29NO2/c1-14(2,12-17)16(3)11-13-7-10-15(18-13)8-5-4-6-9-15/h13,17H,4-12H2,1-3H3. The van der Waals surface area contributed by atoms with E-state index >= 15 is 0 Å². The van der Waals surface area contributed by atoms with Crippen LogP contribution in [0.4, 0.5) is 0 Å². The van der Waals surface area contributed by atoms with E-state index < -0.39 is 0 Å². The molecule has 0 radical (unpaired) electrons. The van der Waals surface area contributed by atoms with Gasteiger partial charge in [-0.25, -0.2) is 0 Å². The molecule has 1 saturated carbocycles. The predicted molar refractivity (Wildman–Crippen MR) is 73.7 cm³/mol. The van der Waals surface area contributed by atoms with Crippen molar-refractivity contribution in [2.75, 3.05) is 20.2 Å². The fourth-order valence-corrected chi connectivity index (χ4v) is 3.26. The molecule has 1 unspecified atom stereocenters. The lowest BCUT2D eigenvalue weighted by Gasteiger charge is -2.37. The number of ether oxygens (including phenoxy) is 1. The molecule has 1 aliphatic heterocycles. The normalized spacial score (nSPS) is 28.2. The molecule has 1 aliphatic carbocycles. The Morgan fingerprint density at radius 3 is 2.50 bits per heavy atom. The third-order valence-corrected chi connectivity index (χ3v) is 5.00. The molecule has 0 bridgehead atoms. The van der Waals surface area contributed by atoms with Crippen LogP contribution in [0.5, 0.6) is 0 Å². The minimum absolute atomic E-state index is 0.147. The van der Waals surface area contributed by atoms with Crippen LogP contribution in [0, 0.1) is 0 Å². The highest BCUT2D eigenvalue weighted by Gasteiger charge is 2.41. The Kier molecular flexibility index (Phi) is 4.35. The van der Waals surface area contributed by atoms with Gasteiger partial charge in [0, 0.05) is 12.1 Å². The number of aliphatic hydroxyl groups is 1. The molecule has 18 heavy (non-hydrogen) atoms. The summed E-state index contributed by atoms with van der Waals surface area (Å²) in [5.41, 5.74) is 0.0682. The monoisotopic (exact) mass is 255 g/mol. The van der Waals surface area contributed by atoms with Crippen molar-refractivity contribution in [3.05, 3.63) is 0 Å². The number of rotatable bonds is 4. The van der Waals surface area contributed by atoms with Crippen LogP contribution in [-0.2, 0) is 4.74 Å². The van der Waals surface area contributed by atoms with E-state index in [0.717, 1.165) is 6.54 Å². The second-order valence-electron chi connectivity index (χ2n) is 6.87. The van der Waals surface area contributed by atoms with Crippen LogP contribution >= 0.6 is 0 Å². The summed E-state index contributed by atoms with van der Waals surface area (Å²) >= 11 is 0. The van der Waals surface area contributed by atoms with Crippen LogP contribution in [-0.4, -0.2) is 47.4 Å². The fourth-order valence-electron chi connectivity index (χ4n) is 3.26. The molecule has 2 rings (SSSR count). The number of hydrogen-bond donors (Lipinski definition) is 1. The SMILES string of the molecule is CN(CC1CCC2(CCCCC2)O1)C(C)(C)CO. The average Bonchev–Trinajstić information content (AvgIpc) is 2.73. The second-order valence-corrected chi connectivity index (χ2v) is 6.87. The van der Waals surface area contributed by atoms with Crippen LogP contribution in [0.1, 0.15) is 58.8 Å². The van der Waals surface area contributed by atoms with Crippen molar-refractivity contribution in [3.8, 4) is 0 Å². The highest BCUT2D eigenvalue weighted by Crippen LogP contribution is 2.42. The van der Waals surface area contributed by atoms with Crippen molar-refractivity contribution in [2.45, 2.75) is 76.0 Å². The number of nitrogens with zero attached hydrogens (tertiary/aromatic N) is 1. The highest BCUT2D eigenvalue weighted by atomic mass is 16.5. The van der Waals surface area contributed by atoms with Crippen molar-refractivity contribution in [2.24, 2.45) is 0 Å². The minimum atomic E-state index is -0.147. The molecule has 0 amide bonds. The zero-order chi connectivity index (χ0) is 13.2. The van der Waals surface area contributed by atoms with Crippen LogP contribution in [0.15, 0.2) is 0 Å². The van der Waals surface area contributed by atoms with E-state index in [1.54, 1.807) is 0 Å². The molecule has 2 fully saturated rings. The van der Waals surface area contributed by atoms with Gasteiger partial charge in [-0.15, -0.1) is 0 Å². The molecule has 3 nitrogen and oxygen atoms in total. The number of aliphatic hydroxyl groups excluding tert-OH is 1. The first-order valence-electron chi connectivity index (χ1n) is 7.47. The minimum Gasteiger partial charge on any atom is -0.394 e. The predicted octanol–water partition coefficient (Wildman–Crippen LogP) is 2.57. The molecule has 3 heteroatoms. The Balaban J connectivity index is 1.85. The van der Waals surface area contributed by atoms with Gasteiger partial charge in [-0.1, -0.05) is 19.3 Å². The van der Waals surface area contributed by atoms with Crippen molar-refractivity contribution >= 4 is 0 Å². The summed E-state index contributed by atoms with van der Waals surface area (Å²) in [6.45, 7) is 5.30. The van der Waals surface area contributed by atoms with Crippen LogP contribution in [0.25, 0.3) is 0 Å². The first-order valence-corrected chi connectivity index (χ1v) is 7.47. The van der Waals surface area contributed by atoms with Gasteiger partial charge < -0.3 is 9.84 Å². The van der Waals surface area contributed by atoms with Crippen molar-refractivity contribution in [1.82, 2.24) is 4.90 Å². The maximum absolute atomic E-state index is 9.40. The van der Waals surface area contributed by atoms with E-state index in [0.29, 0.717) is 6.10 Å². The Labute approximate surface area is 112 Å². The van der Waals surface area contributed by atoms with Gasteiger partial charge >= 0.3 is 0 Å². The summed E-state index contributed by atoms with van der Waals surface area (Å²) in [6, 6.07) is 0. The van der Waals surface area contributed by atoms with Gasteiger partial charge in [-0.3, -0.25) is 4.90 Å². The summed E-state index contributed by atoms with van der Waals surface area (Å²) in [6.07, 6.45) is 9.37. The van der Waals surface area contributed by atoms with Crippen molar-refractivity contribution in [1.29, 1.82) is 0 Å². The second kappa shape index (κ2) is 5.48. The molecule has 1 saturated heterocycles. The Morgan fingerprint density at radius 2 is 1.89 bits per heavy atom. The molecule has 0 aromatic rings. The van der Waals surface area contributed by atoms with Gasteiger partial charge in [0.25, 0.3) is 0 Å². The van der Waals surface area contributed by atoms with Crippen LogP contribution in [0.2, 0.25) is 0 Å². The van der Waals surface area contributed by atoms with E-state index in [1.807, 2.05) is 0 Å². The Bertz CT molecular complexity index is 272. The smallest absolute Gasteiger partial charge is 0.0710 e. The first-order chi connectivity index (χ1) is 8.47. The average molecular weight is 255 g/mol. The molecular weight excluding hydrogens is 226 g/mol. The summed E-state index contributed by atoms with van der Waals surface area (Å²) in [4.78, 5) is 2.24. The third-order valence-electron chi connectivity index (χ3n) is 5.00. The van der Waals surface area contributed by atoms with Gasteiger partial charge in [0.1, 0.15) is 0 Å². The fraction of sp³-hybridized carbons (Fsp3) is 1.00. The summed E-state index contributed by atoms with van der Waals surface area (Å²) < 4.78 is 6.38. The quantitative estimate of drug-likeness (QED) is 0.838. The molecule has 106 valence electrons. The molecule has 0 aromatic heterocycles. The summed E-state index contributed by atoms with van der Waals surface area (Å²) in [5, 5.41) is 9.40. The number of hydrogen-bond acceptors (Lipinski definition) is 3. The van der Waals surface area contributed by atoms with Crippen LogP contribution in [0.3, 0.4) is 0 Å². The van der Waals surface area contributed by atoms with E-state index in [9.17, 15) is 5.11 Å². The van der Waals surface area contributed by atoms with Crippen molar-refractivity contribution in [3.63, 3.8) is 0 Å². The molecule has 0 aromatic carbocycles. The summed E-state index contributed by atoms with van der Waals surface area (Å²) in [5.74, 6) is 0. The lowest BCUT2D eigenvalue weighted by atomic mass is 9.83. The third kappa shape index (κ3) is 3.06. The summed E-state index contributed by atoms with van der Waals surface area (Å²) in [7, 11) is 2.09. The van der Waals surface area contributed by atoms with Gasteiger partial charge in [-0.05, 0) is 46.6 Å². The van der Waals surface area contributed by atoms with Crippen LogP contribution < -0.4 is 0 Å². The molecule has 1 spiro atoms. The lowest BCUT2D eigenvalue weighted by molar-refractivity contribution is -0.0788. The van der Waals surface area contributed by atoms with Gasteiger partial charge in [0.15, 0.2) is 0 Å². The lowest BCUT2D eigenvalue weighted by Crippen LogP contribution is -2.47. The van der Waals surface area contributed by atoms with E-state index in [1.165, 1.54) is 44.9 Å². The zero-order valence-electron chi connectivity index (χ0n) is 12.2. The molecule has 1 atom stereocenters. The maximum Gasteiger partial charge on any atom is 0.0710 e. The zero-order valence-corrected chi connectivity index (χ0v) is 12.2. The Morgan fingerprint density at radius 1 is 1.22 bits per heavy atom. The van der Waals surface area contributed by atoms with Gasteiger partial charge in [0.05, 0.1) is 18.3 Å². The molecule has 1 N–H and O–H groups in total. The first kappa shape index (κ1) is 14.3. The molecule has 1 heterocycles. The number of likely N-dealkylation sites (N-methyl/N-ethyl adjacent to an activating group) is 1. The molecular formula is C15H29NO2. The van der Waals surface area contributed by atoms with E-state index in [2.05, 4.69) is 25.8 Å². The van der Waals surface area contributed by atoms with E-state index in [4.69, 9.17) is 4.74 Å². The van der Waals surface area contributed by atoms with Gasteiger partial charge in [0.2, 0.25) is 0 Å². The largest absolute Gasteiger partial charge is 0.394 e. The highest BCUT2D eigenvalue weighted by molar-refractivity contribution is 4.93. The van der Waals surface area contributed by atoms with E-state index in [-0.39, 0.29) is 17.7 Å².